The lowest BCUT2D eigenvalue weighted by atomic mass is 10.1. The van der Waals surface area contributed by atoms with Crippen molar-refractivity contribution < 1.29 is 19.2 Å². The first kappa shape index (κ1) is 17.2. The van der Waals surface area contributed by atoms with Crippen molar-refractivity contribution in [2.45, 2.75) is 25.3 Å². The fourth-order valence-electron chi connectivity index (χ4n) is 1.80. The van der Waals surface area contributed by atoms with E-state index >= 15 is 0 Å². The molecule has 116 valence electrons. The number of nitro benzene ring substituents is 1. The van der Waals surface area contributed by atoms with Crippen LogP contribution in [0.15, 0.2) is 24.3 Å². The third-order valence-electron chi connectivity index (χ3n) is 2.92. The largest absolute Gasteiger partial charge is 0.467 e. The number of nitro groups is 1. The standard InChI is InChI=1S/C15H16N2O5/c1-3-4-5-9-13(15(19)22-2)16-14(18)11-7-6-8-12(10-11)17(20)21/h1,6-8,10,13H,4-5,9H2,2H3,(H,16,18)/t13-/m0/s1. The van der Waals surface area contributed by atoms with Crippen LogP contribution in [-0.2, 0) is 9.53 Å². The lowest BCUT2D eigenvalue weighted by Crippen LogP contribution is -2.41. The Balaban J connectivity index is 2.81. The second-order valence-corrected chi connectivity index (χ2v) is 4.45. The van der Waals surface area contributed by atoms with E-state index in [2.05, 4.69) is 16.0 Å². The van der Waals surface area contributed by atoms with Crippen LogP contribution in [0.4, 0.5) is 5.69 Å². The molecule has 0 spiro atoms. The Labute approximate surface area is 127 Å². The van der Waals surface area contributed by atoms with Crippen LogP contribution in [0.1, 0.15) is 29.6 Å². The fraction of sp³-hybridized carbons (Fsp3) is 0.333. The summed E-state index contributed by atoms with van der Waals surface area (Å²) in [4.78, 5) is 33.9. The minimum atomic E-state index is -0.842. The highest BCUT2D eigenvalue weighted by Gasteiger charge is 2.22. The smallest absolute Gasteiger partial charge is 0.328 e. The number of non-ortho nitro benzene ring substituents is 1. The van der Waals surface area contributed by atoms with Crippen molar-refractivity contribution in [3.05, 3.63) is 39.9 Å². The summed E-state index contributed by atoms with van der Waals surface area (Å²) in [6.45, 7) is 0. The summed E-state index contributed by atoms with van der Waals surface area (Å²) in [6, 6.07) is 4.41. The Morgan fingerprint density at radius 3 is 2.82 bits per heavy atom. The number of hydrogen-bond donors (Lipinski definition) is 1. The van der Waals surface area contributed by atoms with Crippen LogP contribution in [-0.4, -0.2) is 30.0 Å². The average Bonchev–Trinajstić information content (AvgIpc) is 2.53. The molecular formula is C15H16N2O5. The number of terminal acetylenes is 1. The summed E-state index contributed by atoms with van der Waals surface area (Å²) in [7, 11) is 1.22. The lowest BCUT2D eigenvalue weighted by Gasteiger charge is -2.16. The molecule has 1 N–H and O–H groups in total. The predicted molar refractivity (Wildman–Crippen MR) is 79.1 cm³/mol. The first-order valence-electron chi connectivity index (χ1n) is 6.56. The molecule has 0 radical (unpaired) electrons. The van der Waals surface area contributed by atoms with Gasteiger partial charge in [0.2, 0.25) is 0 Å². The normalized spacial score (nSPS) is 11.1. The van der Waals surface area contributed by atoms with Crippen LogP contribution in [0, 0.1) is 22.5 Å². The van der Waals surface area contributed by atoms with Gasteiger partial charge in [-0.2, -0.15) is 0 Å². The van der Waals surface area contributed by atoms with Gasteiger partial charge in [0.05, 0.1) is 12.0 Å². The molecule has 0 aromatic heterocycles. The Kier molecular flexibility index (Phi) is 6.57. The molecule has 0 fully saturated rings. The summed E-state index contributed by atoms with van der Waals surface area (Å²) >= 11 is 0. The first-order chi connectivity index (χ1) is 10.5. The van der Waals surface area contributed by atoms with Gasteiger partial charge in [0.15, 0.2) is 0 Å². The highest BCUT2D eigenvalue weighted by molar-refractivity contribution is 5.97. The molecule has 0 aliphatic rings. The number of carbonyl (C=O) groups excluding carboxylic acids is 2. The van der Waals surface area contributed by atoms with Crippen LogP contribution >= 0.6 is 0 Å². The molecule has 22 heavy (non-hydrogen) atoms. The number of ether oxygens (including phenoxy) is 1. The van der Waals surface area contributed by atoms with Gasteiger partial charge in [-0.25, -0.2) is 4.79 Å². The number of amides is 1. The number of esters is 1. The maximum Gasteiger partial charge on any atom is 0.328 e. The SMILES string of the molecule is C#CCCC[C@H](NC(=O)c1cccc([N+](=O)[O-])c1)C(=O)OC. The topological polar surface area (TPSA) is 98.5 Å². The quantitative estimate of drug-likeness (QED) is 0.271. The van der Waals surface area contributed by atoms with Crippen LogP contribution in [0.3, 0.4) is 0 Å². The molecule has 0 unspecified atom stereocenters. The van der Waals surface area contributed by atoms with Crippen molar-refractivity contribution in [3.63, 3.8) is 0 Å². The molecule has 7 nitrogen and oxygen atoms in total. The summed E-state index contributed by atoms with van der Waals surface area (Å²) in [6.07, 6.45) is 6.49. The van der Waals surface area contributed by atoms with Crippen molar-refractivity contribution >= 4 is 17.6 Å². The average molecular weight is 304 g/mol. The van der Waals surface area contributed by atoms with E-state index in [0.717, 1.165) is 6.07 Å². The number of nitrogens with one attached hydrogen (secondary N) is 1. The Bertz CT molecular complexity index is 606. The van der Waals surface area contributed by atoms with Crippen molar-refractivity contribution in [2.24, 2.45) is 0 Å². The molecule has 0 saturated carbocycles. The Morgan fingerprint density at radius 1 is 1.50 bits per heavy atom. The van der Waals surface area contributed by atoms with Gasteiger partial charge >= 0.3 is 5.97 Å². The lowest BCUT2D eigenvalue weighted by molar-refractivity contribution is -0.384. The minimum Gasteiger partial charge on any atom is -0.467 e. The van der Waals surface area contributed by atoms with E-state index in [0.29, 0.717) is 19.3 Å². The van der Waals surface area contributed by atoms with E-state index in [4.69, 9.17) is 6.42 Å². The zero-order valence-electron chi connectivity index (χ0n) is 12.1. The molecule has 0 aliphatic heterocycles. The van der Waals surface area contributed by atoms with Gasteiger partial charge < -0.3 is 10.1 Å². The van der Waals surface area contributed by atoms with Crippen molar-refractivity contribution in [2.75, 3.05) is 7.11 Å². The van der Waals surface area contributed by atoms with E-state index in [9.17, 15) is 19.7 Å². The monoisotopic (exact) mass is 304 g/mol. The van der Waals surface area contributed by atoms with Crippen molar-refractivity contribution in [1.29, 1.82) is 0 Å². The summed E-state index contributed by atoms with van der Waals surface area (Å²) in [5.41, 5.74) is -0.102. The highest BCUT2D eigenvalue weighted by atomic mass is 16.6. The number of rotatable bonds is 7. The molecule has 1 aromatic rings. The number of benzene rings is 1. The zero-order chi connectivity index (χ0) is 16.5. The maximum absolute atomic E-state index is 12.1. The number of unbranched alkanes of at least 4 members (excludes halogenated alkanes) is 1. The number of methoxy groups -OCH3 is 1. The highest BCUT2D eigenvalue weighted by Crippen LogP contribution is 2.13. The molecule has 1 atom stereocenters. The molecule has 0 aliphatic carbocycles. The third kappa shape index (κ3) is 4.90. The summed E-state index contributed by atoms with van der Waals surface area (Å²) < 4.78 is 4.63. The fourth-order valence-corrected chi connectivity index (χ4v) is 1.80. The molecule has 1 amide bonds. The third-order valence-corrected chi connectivity index (χ3v) is 2.92. The van der Waals surface area contributed by atoms with Crippen LogP contribution in [0.2, 0.25) is 0 Å². The molecule has 0 bridgehead atoms. The second kappa shape index (κ2) is 8.42. The van der Waals surface area contributed by atoms with Crippen LogP contribution in [0.5, 0.6) is 0 Å². The van der Waals surface area contributed by atoms with Gasteiger partial charge in [-0.15, -0.1) is 12.3 Å². The molecule has 1 rings (SSSR count). The van der Waals surface area contributed by atoms with Gasteiger partial charge in [0, 0.05) is 24.1 Å². The number of carbonyl (C=O) groups is 2. The summed E-state index contributed by atoms with van der Waals surface area (Å²) in [5.74, 6) is 1.27. The molecule has 7 heteroatoms. The Hall–Kier alpha value is -2.88. The van der Waals surface area contributed by atoms with Gasteiger partial charge in [-0.3, -0.25) is 14.9 Å². The van der Waals surface area contributed by atoms with E-state index < -0.39 is 22.8 Å². The Morgan fingerprint density at radius 2 is 2.23 bits per heavy atom. The minimum absolute atomic E-state index is 0.0973. The van der Waals surface area contributed by atoms with E-state index in [1.165, 1.54) is 25.3 Å². The maximum atomic E-state index is 12.1. The van der Waals surface area contributed by atoms with Crippen molar-refractivity contribution in [3.8, 4) is 12.3 Å². The van der Waals surface area contributed by atoms with E-state index in [1.54, 1.807) is 0 Å². The molecule has 1 aromatic carbocycles. The van der Waals surface area contributed by atoms with E-state index in [1.807, 2.05) is 0 Å². The van der Waals surface area contributed by atoms with E-state index in [-0.39, 0.29) is 11.3 Å². The molecule has 0 heterocycles. The first-order valence-corrected chi connectivity index (χ1v) is 6.56. The van der Waals surface area contributed by atoms with Crippen LogP contribution < -0.4 is 5.32 Å². The van der Waals surface area contributed by atoms with Crippen LogP contribution in [0.25, 0.3) is 0 Å². The van der Waals surface area contributed by atoms with Gasteiger partial charge in [0.1, 0.15) is 6.04 Å². The second-order valence-electron chi connectivity index (χ2n) is 4.45. The number of hydrogen-bond acceptors (Lipinski definition) is 5. The predicted octanol–water partition coefficient (Wildman–Crippen LogP) is 1.67. The van der Waals surface area contributed by atoms with Gasteiger partial charge in [0.25, 0.3) is 11.6 Å². The van der Waals surface area contributed by atoms with Crippen molar-refractivity contribution in [1.82, 2.24) is 5.32 Å². The molecule has 0 saturated heterocycles. The van der Waals surface area contributed by atoms with Gasteiger partial charge in [-0.1, -0.05) is 6.07 Å². The zero-order valence-corrected chi connectivity index (χ0v) is 12.1. The van der Waals surface area contributed by atoms with Gasteiger partial charge in [-0.05, 0) is 18.9 Å². The summed E-state index contributed by atoms with van der Waals surface area (Å²) in [5, 5.41) is 13.2. The number of nitrogens with zero attached hydrogens (tertiary/aromatic N) is 1. The molecular weight excluding hydrogens is 288 g/mol.